The molecule has 0 radical (unpaired) electrons. The molecule has 160 valence electrons. The molecule has 1 aliphatic heterocycles. The number of piperidine rings is 1. The van der Waals surface area contributed by atoms with Gasteiger partial charge >= 0.3 is 6.03 Å². The van der Waals surface area contributed by atoms with E-state index in [0.717, 1.165) is 49.5 Å². The van der Waals surface area contributed by atoms with Crippen LogP contribution < -0.4 is 15.4 Å². The Morgan fingerprint density at radius 3 is 2.58 bits per heavy atom. The van der Waals surface area contributed by atoms with E-state index in [-0.39, 0.29) is 12.1 Å². The van der Waals surface area contributed by atoms with Crippen LogP contribution in [0, 0.1) is 0 Å². The van der Waals surface area contributed by atoms with E-state index in [1.54, 1.807) is 7.11 Å². The van der Waals surface area contributed by atoms with E-state index < -0.39 is 0 Å². The minimum atomic E-state index is -0.138. The van der Waals surface area contributed by atoms with Gasteiger partial charge in [0.1, 0.15) is 5.75 Å². The van der Waals surface area contributed by atoms with Crippen molar-refractivity contribution in [2.45, 2.75) is 25.4 Å². The number of amides is 2. The molecule has 0 aromatic heterocycles. The van der Waals surface area contributed by atoms with Gasteiger partial charge in [0, 0.05) is 24.8 Å². The number of carbonyl (C=O) groups is 1. The van der Waals surface area contributed by atoms with Crippen LogP contribution in [0.25, 0.3) is 11.1 Å². The van der Waals surface area contributed by atoms with Gasteiger partial charge in [-0.1, -0.05) is 54.6 Å². The number of nitrogens with zero attached hydrogens (tertiary/aromatic N) is 1. The Kier molecular flexibility index (Phi) is 6.85. The third kappa shape index (κ3) is 5.86. The minimum absolute atomic E-state index is 0.138. The number of anilines is 1. The first-order valence-electron chi connectivity index (χ1n) is 10.8. The molecule has 4 rings (SSSR count). The van der Waals surface area contributed by atoms with Crippen LogP contribution in [0.5, 0.6) is 5.75 Å². The fourth-order valence-corrected chi connectivity index (χ4v) is 4.05. The van der Waals surface area contributed by atoms with Crippen molar-refractivity contribution < 1.29 is 9.53 Å². The highest BCUT2D eigenvalue weighted by atomic mass is 16.5. The Labute approximate surface area is 184 Å². The Morgan fingerprint density at radius 1 is 1.00 bits per heavy atom. The number of methoxy groups -OCH3 is 1. The van der Waals surface area contributed by atoms with Gasteiger partial charge in [-0.25, -0.2) is 4.79 Å². The van der Waals surface area contributed by atoms with E-state index in [0.29, 0.717) is 0 Å². The van der Waals surface area contributed by atoms with Gasteiger partial charge in [-0.3, -0.25) is 4.90 Å². The van der Waals surface area contributed by atoms with Crippen LogP contribution >= 0.6 is 0 Å². The second-order valence-corrected chi connectivity index (χ2v) is 7.97. The van der Waals surface area contributed by atoms with Crippen LogP contribution in [0.4, 0.5) is 10.5 Å². The highest BCUT2D eigenvalue weighted by Crippen LogP contribution is 2.24. The average Bonchev–Trinajstić information content (AvgIpc) is 2.80. The lowest BCUT2D eigenvalue weighted by Crippen LogP contribution is -2.48. The highest BCUT2D eigenvalue weighted by Gasteiger charge is 2.21. The lowest BCUT2D eigenvalue weighted by atomic mass is 10.0. The lowest BCUT2D eigenvalue weighted by Gasteiger charge is -2.33. The maximum Gasteiger partial charge on any atom is 0.319 e. The van der Waals surface area contributed by atoms with Crippen LogP contribution in [0.1, 0.15) is 18.4 Å². The Hall–Kier alpha value is -3.31. The summed E-state index contributed by atoms with van der Waals surface area (Å²) in [6, 6.07) is 26.4. The van der Waals surface area contributed by atoms with E-state index in [1.807, 2.05) is 42.5 Å². The Balaban J connectivity index is 1.31. The fraction of sp³-hybridized carbons (Fsp3) is 0.269. The van der Waals surface area contributed by atoms with Gasteiger partial charge in [0.2, 0.25) is 0 Å². The molecule has 31 heavy (non-hydrogen) atoms. The number of nitrogens with one attached hydrogen (secondary N) is 2. The third-order valence-corrected chi connectivity index (χ3v) is 5.64. The fourth-order valence-electron chi connectivity index (χ4n) is 4.05. The van der Waals surface area contributed by atoms with E-state index >= 15 is 0 Å². The van der Waals surface area contributed by atoms with Crippen molar-refractivity contribution in [2.24, 2.45) is 0 Å². The molecule has 1 heterocycles. The molecular formula is C26H29N3O2. The summed E-state index contributed by atoms with van der Waals surface area (Å²) in [5.74, 6) is 0.865. The summed E-state index contributed by atoms with van der Waals surface area (Å²) in [4.78, 5) is 14.7. The summed E-state index contributed by atoms with van der Waals surface area (Å²) in [7, 11) is 1.69. The van der Waals surface area contributed by atoms with Gasteiger partial charge in [-0.2, -0.15) is 0 Å². The second kappa shape index (κ2) is 10.1. The van der Waals surface area contributed by atoms with Crippen molar-refractivity contribution in [1.82, 2.24) is 10.2 Å². The van der Waals surface area contributed by atoms with Crippen LogP contribution in [0.2, 0.25) is 0 Å². The van der Waals surface area contributed by atoms with Gasteiger partial charge in [-0.15, -0.1) is 0 Å². The van der Waals surface area contributed by atoms with Crippen molar-refractivity contribution >= 4 is 11.7 Å². The van der Waals surface area contributed by atoms with E-state index in [9.17, 15) is 4.79 Å². The molecule has 1 aliphatic rings. The minimum Gasteiger partial charge on any atom is -0.497 e. The smallest absolute Gasteiger partial charge is 0.319 e. The molecule has 1 atom stereocenters. The summed E-state index contributed by atoms with van der Waals surface area (Å²) < 4.78 is 5.33. The molecule has 1 saturated heterocycles. The maximum absolute atomic E-state index is 12.3. The standard InChI is InChI=1S/C26H29N3O2/c1-31-25-11-5-7-22(17-25)21-14-12-20(13-15-21)18-29-16-6-10-24(19-29)28-26(30)27-23-8-3-2-4-9-23/h2-5,7-9,11-15,17,24H,6,10,16,18-19H2,1H3,(H2,27,28,30). The first kappa shape index (κ1) is 20.9. The average molecular weight is 416 g/mol. The van der Waals surface area contributed by atoms with Crippen LogP contribution in [0.3, 0.4) is 0 Å². The van der Waals surface area contributed by atoms with Crippen molar-refractivity contribution in [3.63, 3.8) is 0 Å². The van der Waals surface area contributed by atoms with Crippen molar-refractivity contribution in [2.75, 3.05) is 25.5 Å². The number of para-hydroxylation sites is 1. The molecule has 5 heteroatoms. The first-order chi connectivity index (χ1) is 15.2. The topological polar surface area (TPSA) is 53.6 Å². The summed E-state index contributed by atoms with van der Waals surface area (Å²) in [5, 5.41) is 6.03. The van der Waals surface area contributed by atoms with Crippen LogP contribution in [0.15, 0.2) is 78.9 Å². The molecule has 0 aliphatic carbocycles. The van der Waals surface area contributed by atoms with Crippen molar-refractivity contribution in [3.05, 3.63) is 84.4 Å². The number of urea groups is 1. The zero-order valence-electron chi connectivity index (χ0n) is 17.9. The Bertz CT molecular complexity index is 989. The normalized spacial score (nSPS) is 16.5. The quantitative estimate of drug-likeness (QED) is 0.586. The number of hydrogen-bond acceptors (Lipinski definition) is 3. The number of benzene rings is 3. The second-order valence-electron chi connectivity index (χ2n) is 7.97. The summed E-state index contributed by atoms with van der Waals surface area (Å²) in [6.45, 7) is 2.80. The molecule has 2 amide bonds. The SMILES string of the molecule is COc1cccc(-c2ccc(CN3CCCC(NC(=O)Nc4ccccc4)C3)cc2)c1. The van der Waals surface area contributed by atoms with Gasteiger partial charge in [0.15, 0.2) is 0 Å². The van der Waals surface area contributed by atoms with Crippen molar-refractivity contribution in [3.8, 4) is 16.9 Å². The Morgan fingerprint density at radius 2 is 1.81 bits per heavy atom. The molecule has 2 N–H and O–H groups in total. The summed E-state index contributed by atoms with van der Waals surface area (Å²) >= 11 is 0. The number of likely N-dealkylation sites (tertiary alicyclic amines) is 1. The largest absolute Gasteiger partial charge is 0.497 e. The van der Waals surface area contributed by atoms with E-state index in [2.05, 4.69) is 51.9 Å². The van der Waals surface area contributed by atoms with Crippen molar-refractivity contribution in [1.29, 1.82) is 0 Å². The van der Waals surface area contributed by atoms with Crippen LogP contribution in [-0.4, -0.2) is 37.2 Å². The number of rotatable bonds is 6. The van der Waals surface area contributed by atoms with Crippen LogP contribution in [-0.2, 0) is 6.54 Å². The molecule has 3 aromatic carbocycles. The number of ether oxygens (including phenoxy) is 1. The third-order valence-electron chi connectivity index (χ3n) is 5.64. The molecule has 0 saturated carbocycles. The molecule has 3 aromatic rings. The molecule has 0 spiro atoms. The predicted molar refractivity (Wildman–Crippen MR) is 125 cm³/mol. The predicted octanol–water partition coefficient (Wildman–Crippen LogP) is 5.15. The maximum atomic E-state index is 12.3. The highest BCUT2D eigenvalue weighted by molar-refractivity contribution is 5.89. The number of hydrogen-bond donors (Lipinski definition) is 2. The zero-order chi connectivity index (χ0) is 21.5. The van der Waals surface area contributed by atoms with E-state index in [4.69, 9.17) is 4.74 Å². The summed E-state index contributed by atoms with van der Waals surface area (Å²) in [5.41, 5.74) is 4.42. The van der Waals surface area contributed by atoms with Gasteiger partial charge < -0.3 is 15.4 Å². The van der Waals surface area contributed by atoms with Gasteiger partial charge in [0.05, 0.1) is 7.11 Å². The molecule has 0 bridgehead atoms. The molecule has 1 fully saturated rings. The molecule has 5 nitrogen and oxygen atoms in total. The van der Waals surface area contributed by atoms with Gasteiger partial charge in [0.25, 0.3) is 0 Å². The monoisotopic (exact) mass is 415 g/mol. The summed E-state index contributed by atoms with van der Waals surface area (Å²) in [6.07, 6.45) is 2.09. The van der Waals surface area contributed by atoms with E-state index in [1.165, 1.54) is 11.1 Å². The number of carbonyl (C=O) groups excluding carboxylic acids is 1. The molecular weight excluding hydrogens is 386 g/mol. The van der Waals surface area contributed by atoms with Gasteiger partial charge in [-0.05, 0) is 60.3 Å². The lowest BCUT2D eigenvalue weighted by molar-refractivity contribution is 0.183. The molecule has 1 unspecified atom stereocenters. The zero-order valence-corrected chi connectivity index (χ0v) is 17.9. The first-order valence-corrected chi connectivity index (χ1v) is 10.8.